The Morgan fingerprint density at radius 1 is 1.31 bits per heavy atom. The van der Waals surface area contributed by atoms with Crippen LogP contribution in [0.3, 0.4) is 0 Å². The first kappa shape index (κ1) is 19.0. The van der Waals surface area contributed by atoms with Crippen molar-refractivity contribution in [2.24, 2.45) is 5.92 Å². The zero-order valence-electron chi connectivity index (χ0n) is 14.8. The van der Waals surface area contributed by atoms with Gasteiger partial charge in [0.2, 0.25) is 5.91 Å². The van der Waals surface area contributed by atoms with Crippen molar-refractivity contribution in [1.82, 2.24) is 5.32 Å². The zero-order valence-corrected chi connectivity index (χ0v) is 14.8. The standard InChI is InChI=1S/C18H22F3NO4/c1-17(2)15(24-3)13(9-25-17)22-16(23)12-8-11(12)10-6-4-5-7-14(10)26-18(19,20)21/h4-7,11-13,15H,8-9H2,1-3H3,(H,22,23)/t11-,12+,13-,15+/m0/s1. The fourth-order valence-corrected chi connectivity index (χ4v) is 3.65. The maximum atomic E-state index is 12.6. The fourth-order valence-electron chi connectivity index (χ4n) is 3.65. The molecule has 1 N–H and O–H groups in total. The Balaban J connectivity index is 1.65. The van der Waals surface area contributed by atoms with Crippen molar-refractivity contribution >= 4 is 5.91 Å². The number of hydrogen-bond donors (Lipinski definition) is 1. The van der Waals surface area contributed by atoms with Crippen LogP contribution in [0.15, 0.2) is 24.3 Å². The molecule has 26 heavy (non-hydrogen) atoms. The van der Waals surface area contributed by atoms with Crippen LogP contribution >= 0.6 is 0 Å². The lowest BCUT2D eigenvalue weighted by Gasteiger charge is -2.27. The van der Waals surface area contributed by atoms with Crippen molar-refractivity contribution in [2.75, 3.05) is 13.7 Å². The van der Waals surface area contributed by atoms with Gasteiger partial charge in [-0.1, -0.05) is 18.2 Å². The van der Waals surface area contributed by atoms with Gasteiger partial charge in [0.05, 0.1) is 18.2 Å². The molecule has 0 spiro atoms. The summed E-state index contributed by atoms with van der Waals surface area (Å²) in [4.78, 5) is 12.5. The van der Waals surface area contributed by atoms with Gasteiger partial charge in [0.15, 0.2) is 0 Å². The van der Waals surface area contributed by atoms with Gasteiger partial charge in [-0.25, -0.2) is 0 Å². The number of rotatable bonds is 5. The lowest BCUT2D eigenvalue weighted by molar-refractivity contribution is -0.274. The van der Waals surface area contributed by atoms with E-state index in [0.717, 1.165) is 0 Å². The van der Waals surface area contributed by atoms with Crippen LogP contribution in [0.4, 0.5) is 13.2 Å². The molecule has 0 aromatic heterocycles. The van der Waals surface area contributed by atoms with Gasteiger partial charge in [-0.3, -0.25) is 4.79 Å². The molecule has 1 saturated carbocycles. The summed E-state index contributed by atoms with van der Waals surface area (Å²) in [5.41, 5.74) is -0.112. The number of ether oxygens (including phenoxy) is 3. The molecule has 1 aromatic carbocycles. The summed E-state index contributed by atoms with van der Waals surface area (Å²) >= 11 is 0. The summed E-state index contributed by atoms with van der Waals surface area (Å²) in [5, 5.41) is 2.91. The Morgan fingerprint density at radius 2 is 2.00 bits per heavy atom. The second-order valence-electron chi connectivity index (χ2n) is 7.22. The first-order valence-corrected chi connectivity index (χ1v) is 8.44. The minimum absolute atomic E-state index is 0.204. The van der Waals surface area contributed by atoms with Crippen molar-refractivity contribution in [3.63, 3.8) is 0 Å². The molecule has 1 aromatic rings. The van der Waals surface area contributed by atoms with Crippen LogP contribution in [0.5, 0.6) is 5.75 Å². The van der Waals surface area contributed by atoms with Gasteiger partial charge < -0.3 is 19.5 Å². The quantitative estimate of drug-likeness (QED) is 0.862. The lowest BCUT2D eigenvalue weighted by Crippen LogP contribution is -2.48. The smallest absolute Gasteiger partial charge is 0.405 e. The van der Waals surface area contributed by atoms with E-state index in [2.05, 4.69) is 10.1 Å². The molecular weight excluding hydrogens is 351 g/mol. The highest BCUT2D eigenvalue weighted by Gasteiger charge is 2.49. The van der Waals surface area contributed by atoms with E-state index in [0.29, 0.717) is 18.6 Å². The number of carbonyl (C=O) groups excluding carboxylic acids is 1. The van der Waals surface area contributed by atoms with Crippen LogP contribution < -0.4 is 10.1 Å². The highest BCUT2D eigenvalue weighted by atomic mass is 19.4. The SMILES string of the molecule is CO[C@@H]1[C@@H](NC(=O)[C@@H]2C[C@H]2c2ccccc2OC(F)(F)F)COC1(C)C. The average Bonchev–Trinajstić information content (AvgIpc) is 3.27. The Hall–Kier alpha value is -1.80. The topological polar surface area (TPSA) is 56.8 Å². The lowest BCUT2D eigenvalue weighted by atomic mass is 9.98. The van der Waals surface area contributed by atoms with Gasteiger partial charge in [-0.05, 0) is 37.8 Å². The molecule has 5 nitrogen and oxygen atoms in total. The molecule has 1 saturated heterocycles. The average molecular weight is 373 g/mol. The van der Waals surface area contributed by atoms with Crippen LogP contribution in [-0.4, -0.2) is 43.7 Å². The monoisotopic (exact) mass is 373 g/mol. The minimum atomic E-state index is -4.76. The minimum Gasteiger partial charge on any atom is -0.405 e. The van der Waals surface area contributed by atoms with Gasteiger partial charge in [-0.15, -0.1) is 13.2 Å². The van der Waals surface area contributed by atoms with Crippen LogP contribution in [0.25, 0.3) is 0 Å². The van der Waals surface area contributed by atoms with E-state index >= 15 is 0 Å². The molecule has 1 aliphatic heterocycles. The summed E-state index contributed by atoms with van der Waals surface area (Å²) in [5.74, 6) is -1.12. The molecule has 3 rings (SSSR count). The van der Waals surface area contributed by atoms with Crippen molar-refractivity contribution in [3.05, 3.63) is 29.8 Å². The third-order valence-electron chi connectivity index (χ3n) is 4.94. The number of hydrogen-bond acceptors (Lipinski definition) is 4. The summed E-state index contributed by atoms with van der Waals surface area (Å²) in [6, 6.07) is 5.66. The van der Waals surface area contributed by atoms with Crippen LogP contribution in [0.2, 0.25) is 0 Å². The highest BCUT2D eigenvalue weighted by Crippen LogP contribution is 2.51. The third kappa shape index (κ3) is 3.96. The van der Waals surface area contributed by atoms with E-state index in [4.69, 9.17) is 9.47 Å². The Labute approximate surface area is 149 Å². The molecule has 1 aliphatic carbocycles. The molecule has 8 heteroatoms. The van der Waals surface area contributed by atoms with E-state index in [1.54, 1.807) is 19.2 Å². The van der Waals surface area contributed by atoms with Gasteiger partial charge in [-0.2, -0.15) is 0 Å². The van der Waals surface area contributed by atoms with Gasteiger partial charge in [0.1, 0.15) is 11.9 Å². The summed E-state index contributed by atoms with van der Waals surface area (Å²) < 4.78 is 52.9. The van der Waals surface area contributed by atoms with Gasteiger partial charge in [0, 0.05) is 13.0 Å². The second kappa shape index (κ2) is 6.74. The maximum Gasteiger partial charge on any atom is 0.573 e. The van der Waals surface area contributed by atoms with Crippen LogP contribution in [0, 0.1) is 5.92 Å². The van der Waals surface area contributed by atoms with Crippen molar-refractivity contribution in [2.45, 2.75) is 50.3 Å². The molecule has 4 atom stereocenters. The molecule has 1 amide bonds. The molecule has 0 bridgehead atoms. The predicted octanol–water partition coefficient (Wildman–Crippen LogP) is 3.00. The second-order valence-corrected chi connectivity index (χ2v) is 7.22. The first-order chi connectivity index (χ1) is 12.1. The van der Waals surface area contributed by atoms with Crippen LogP contribution in [-0.2, 0) is 14.3 Å². The molecule has 1 heterocycles. The van der Waals surface area contributed by atoms with E-state index in [1.807, 2.05) is 13.8 Å². The molecule has 144 valence electrons. The van der Waals surface area contributed by atoms with Crippen molar-refractivity contribution in [1.29, 1.82) is 0 Å². The number of carbonyl (C=O) groups is 1. The molecule has 0 radical (unpaired) electrons. The Kier molecular flexibility index (Phi) is 4.92. The van der Waals surface area contributed by atoms with Crippen molar-refractivity contribution in [3.8, 4) is 5.75 Å². The Bertz CT molecular complexity index is 677. The molecule has 0 unspecified atom stereocenters. The summed E-state index contributed by atoms with van der Waals surface area (Å²) in [7, 11) is 1.56. The number of nitrogens with one attached hydrogen (secondary N) is 1. The zero-order chi connectivity index (χ0) is 19.1. The predicted molar refractivity (Wildman–Crippen MR) is 86.7 cm³/mol. The first-order valence-electron chi connectivity index (χ1n) is 8.44. The number of para-hydroxylation sites is 1. The summed E-state index contributed by atoms with van der Waals surface area (Å²) in [6.45, 7) is 4.11. The van der Waals surface area contributed by atoms with Crippen LogP contribution in [0.1, 0.15) is 31.7 Å². The third-order valence-corrected chi connectivity index (χ3v) is 4.94. The maximum absolute atomic E-state index is 12.6. The molecular formula is C18H22F3NO4. The Morgan fingerprint density at radius 3 is 2.65 bits per heavy atom. The number of alkyl halides is 3. The number of benzene rings is 1. The number of methoxy groups -OCH3 is 1. The largest absolute Gasteiger partial charge is 0.573 e. The highest BCUT2D eigenvalue weighted by molar-refractivity contribution is 5.83. The number of amides is 1. The molecule has 2 fully saturated rings. The normalized spacial score (nSPS) is 30.1. The number of halogens is 3. The van der Waals surface area contributed by atoms with Gasteiger partial charge >= 0.3 is 6.36 Å². The van der Waals surface area contributed by atoms with E-state index < -0.39 is 12.0 Å². The van der Waals surface area contributed by atoms with Crippen molar-refractivity contribution < 1.29 is 32.2 Å². The summed E-state index contributed by atoms with van der Waals surface area (Å²) in [6.07, 6.45) is -4.57. The van der Waals surface area contributed by atoms with E-state index in [1.165, 1.54) is 12.1 Å². The fraction of sp³-hybridized carbons (Fsp3) is 0.611. The molecule has 2 aliphatic rings. The van der Waals surface area contributed by atoms with Gasteiger partial charge in [0.25, 0.3) is 0 Å². The van der Waals surface area contributed by atoms with E-state index in [-0.39, 0.29) is 35.6 Å². The van der Waals surface area contributed by atoms with E-state index in [9.17, 15) is 18.0 Å².